The van der Waals surface area contributed by atoms with Gasteiger partial charge in [-0.25, -0.2) is 0 Å². The minimum Gasteiger partial charge on any atom is -0.497 e. The van der Waals surface area contributed by atoms with E-state index in [1.165, 1.54) is 5.69 Å². The maximum absolute atomic E-state index is 5.79. The van der Waals surface area contributed by atoms with Gasteiger partial charge in [0.1, 0.15) is 5.75 Å². The molecule has 0 bridgehead atoms. The molecule has 1 saturated heterocycles. The zero-order valence-corrected chi connectivity index (χ0v) is 19.0. The number of pyridine rings is 1. The van der Waals surface area contributed by atoms with Gasteiger partial charge in [-0.2, -0.15) is 0 Å². The van der Waals surface area contributed by atoms with Crippen molar-refractivity contribution < 1.29 is 4.74 Å². The second-order valence-electron chi connectivity index (χ2n) is 7.98. The lowest BCUT2D eigenvalue weighted by molar-refractivity contribution is 0.286. The number of nitrogens with zero attached hydrogens (tertiary/aromatic N) is 4. The van der Waals surface area contributed by atoms with Crippen LogP contribution >= 0.6 is 12.2 Å². The summed E-state index contributed by atoms with van der Waals surface area (Å²) in [5, 5.41) is 4.32. The van der Waals surface area contributed by atoms with Crippen LogP contribution in [0.25, 0.3) is 5.69 Å². The highest BCUT2D eigenvalue weighted by atomic mass is 32.1. The number of ether oxygens (including phenoxy) is 1. The fourth-order valence-corrected chi connectivity index (χ4v) is 4.47. The fourth-order valence-electron chi connectivity index (χ4n) is 4.14. The number of nitrogens with one attached hydrogen (secondary N) is 1. The molecular formula is C24H29N5OS. The molecule has 1 aliphatic rings. The molecule has 0 saturated carbocycles. The highest BCUT2D eigenvalue weighted by Crippen LogP contribution is 2.39. The summed E-state index contributed by atoms with van der Waals surface area (Å²) < 4.78 is 7.56. The molecule has 6 nitrogen and oxygen atoms in total. The van der Waals surface area contributed by atoms with Crippen LogP contribution in [0.2, 0.25) is 0 Å². The van der Waals surface area contributed by atoms with E-state index in [1.54, 1.807) is 7.11 Å². The van der Waals surface area contributed by atoms with Crippen molar-refractivity contribution in [1.82, 2.24) is 24.7 Å². The SMILES string of the molecule is COc1ccc(-n2cccc2[C@@H]2[C@H](c3ccccn3)NC(=S)N2CCCN(C)C)cc1. The molecule has 7 heteroatoms. The van der Waals surface area contributed by atoms with Crippen LogP contribution in [-0.2, 0) is 0 Å². The van der Waals surface area contributed by atoms with Crippen molar-refractivity contribution in [2.45, 2.75) is 18.5 Å². The van der Waals surface area contributed by atoms with Gasteiger partial charge in [0.05, 0.1) is 24.9 Å². The van der Waals surface area contributed by atoms with E-state index < -0.39 is 0 Å². The number of thiocarbonyl (C=S) groups is 1. The van der Waals surface area contributed by atoms with E-state index in [-0.39, 0.29) is 12.1 Å². The second kappa shape index (κ2) is 9.49. The maximum Gasteiger partial charge on any atom is 0.170 e. The lowest BCUT2D eigenvalue weighted by Gasteiger charge is -2.29. The first-order valence-electron chi connectivity index (χ1n) is 10.5. The van der Waals surface area contributed by atoms with Crippen molar-refractivity contribution in [1.29, 1.82) is 0 Å². The highest BCUT2D eigenvalue weighted by molar-refractivity contribution is 7.80. The summed E-state index contributed by atoms with van der Waals surface area (Å²) in [6.45, 7) is 1.89. The van der Waals surface area contributed by atoms with E-state index in [2.05, 4.69) is 75.3 Å². The first-order chi connectivity index (χ1) is 15.1. The molecule has 0 aliphatic carbocycles. The van der Waals surface area contributed by atoms with Gasteiger partial charge >= 0.3 is 0 Å². The molecule has 0 unspecified atom stereocenters. The van der Waals surface area contributed by atoms with Crippen LogP contribution in [0.15, 0.2) is 67.0 Å². The Hall–Kier alpha value is -2.90. The van der Waals surface area contributed by atoms with Gasteiger partial charge in [-0.1, -0.05) is 6.07 Å². The Morgan fingerprint density at radius 2 is 1.90 bits per heavy atom. The fraction of sp³-hybridized carbons (Fsp3) is 0.333. The Kier molecular flexibility index (Phi) is 6.53. The Morgan fingerprint density at radius 1 is 1.10 bits per heavy atom. The minimum atomic E-state index is -0.0139. The predicted octanol–water partition coefficient (Wildman–Crippen LogP) is 3.81. The standard InChI is InChI=1S/C24H29N5OS/c1-27(2)15-7-17-29-23(22(26-24(29)31)20-8-4-5-14-25-20)21-9-6-16-28(21)18-10-12-19(30-3)13-11-18/h4-6,8-14,16,22-23H,7,15,17H2,1-3H3,(H,26,31)/t22-,23+/m0/s1. The largest absolute Gasteiger partial charge is 0.497 e. The number of rotatable bonds is 8. The van der Waals surface area contributed by atoms with E-state index in [0.29, 0.717) is 0 Å². The molecule has 2 atom stereocenters. The molecule has 0 spiro atoms. The number of benzene rings is 1. The van der Waals surface area contributed by atoms with Crippen molar-refractivity contribution in [2.24, 2.45) is 0 Å². The Balaban J connectivity index is 1.72. The van der Waals surface area contributed by atoms with Crippen LogP contribution in [0.3, 0.4) is 0 Å². The third kappa shape index (κ3) is 4.57. The molecule has 162 valence electrons. The van der Waals surface area contributed by atoms with Crippen molar-refractivity contribution in [3.8, 4) is 11.4 Å². The third-order valence-corrected chi connectivity index (χ3v) is 5.99. The van der Waals surface area contributed by atoms with Gasteiger partial charge in [0.15, 0.2) is 5.11 Å². The first-order valence-corrected chi connectivity index (χ1v) is 10.9. The van der Waals surface area contributed by atoms with Gasteiger partial charge in [0.25, 0.3) is 0 Å². The van der Waals surface area contributed by atoms with E-state index in [4.69, 9.17) is 17.0 Å². The van der Waals surface area contributed by atoms with Crippen LogP contribution in [0.4, 0.5) is 0 Å². The number of methoxy groups -OCH3 is 1. The van der Waals surface area contributed by atoms with Gasteiger partial charge in [0, 0.05) is 30.3 Å². The molecular weight excluding hydrogens is 406 g/mol. The topological polar surface area (TPSA) is 45.6 Å². The summed E-state index contributed by atoms with van der Waals surface area (Å²) >= 11 is 5.79. The molecule has 1 fully saturated rings. The van der Waals surface area contributed by atoms with Crippen molar-refractivity contribution in [2.75, 3.05) is 34.3 Å². The highest BCUT2D eigenvalue weighted by Gasteiger charge is 2.40. The van der Waals surface area contributed by atoms with Crippen LogP contribution in [-0.4, -0.2) is 58.8 Å². The molecule has 3 aromatic rings. The lowest BCUT2D eigenvalue weighted by Crippen LogP contribution is -2.32. The predicted molar refractivity (Wildman–Crippen MR) is 128 cm³/mol. The van der Waals surface area contributed by atoms with Crippen molar-refractivity contribution in [3.63, 3.8) is 0 Å². The smallest absolute Gasteiger partial charge is 0.170 e. The Bertz CT molecular complexity index is 1000. The van der Waals surface area contributed by atoms with Crippen molar-refractivity contribution >= 4 is 17.3 Å². The first kappa shape index (κ1) is 21.3. The quantitative estimate of drug-likeness (QED) is 0.543. The van der Waals surface area contributed by atoms with Crippen molar-refractivity contribution in [3.05, 3.63) is 78.4 Å². The molecule has 3 heterocycles. The summed E-state index contributed by atoms with van der Waals surface area (Å²) in [6.07, 6.45) is 4.98. The molecule has 1 aromatic carbocycles. The van der Waals surface area contributed by atoms with E-state index in [1.807, 2.05) is 30.5 Å². The Labute approximate surface area is 189 Å². The van der Waals surface area contributed by atoms with E-state index in [9.17, 15) is 0 Å². The monoisotopic (exact) mass is 435 g/mol. The third-order valence-electron chi connectivity index (χ3n) is 5.64. The van der Waals surface area contributed by atoms with Gasteiger partial charge in [0.2, 0.25) is 0 Å². The number of aromatic nitrogens is 2. The summed E-state index contributed by atoms with van der Waals surface area (Å²) in [4.78, 5) is 9.16. The van der Waals surface area contributed by atoms with Gasteiger partial charge in [-0.05, 0) is 87.8 Å². The maximum atomic E-state index is 5.79. The number of hydrogen-bond acceptors (Lipinski definition) is 4. The molecule has 2 aromatic heterocycles. The van der Waals surface area contributed by atoms with Gasteiger partial charge in [-0.15, -0.1) is 0 Å². The van der Waals surface area contributed by atoms with Crippen LogP contribution in [0, 0.1) is 0 Å². The number of hydrogen-bond donors (Lipinski definition) is 1. The molecule has 1 aliphatic heterocycles. The molecule has 1 N–H and O–H groups in total. The van der Waals surface area contributed by atoms with E-state index in [0.717, 1.165) is 41.8 Å². The molecule has 0 amide bonds. The zero-order valence-electron chi connectivity index (χ0n) is 18.2. The summed E-state index contributed by atoms with van der Waals surface area (Å²) in [7, 11) is 5.89. The average Bonchev–Trinajstić information content (AvgIpc) is 3.39. The van der Waals surface area contributed by atoms with Gasteiger partial charge in [-0.3, -0.25) is 4.98 Å². The van der Waals surface area contributed by atoms with Gasteiger partial charge < -0.3 is 24.4 Å². The lowest BCUT2D eigenvalue weighted by atomic mass is 10.0. The van der Waals surface area contributed by atoms with Crippen LogP contribution < -0.4 is 10.1 Å². The van der Waals surface area contributed by atoms with Crippen LogP contribution in [0.5, 0.6) is 5.75 Å². The molecule has 31 heavy (non-hydrogen) atoms. The summed E-state index contributed by atoms with van der Waals surface area (Å²) in [6, 6.07) is 18.5. The average molecular weight is 436 g/mol. The summed E-state index contributed by atoms with van der Waals surface area (Å²) in [5.41, 5.74) is 3.26. The minimum absolute atomic E-state index is 0.0139. The molecule has 4 rings (SSSR count). The normalized spacial score (nSPS) is 18.5. The zero-order chi connectivity index (χ0) is 21.8. The van der Waals surface area contributed by atoms with Crippen LogP contribution in [0.1, 0.15) is 29.9 Å². The van der Waals surface area contributed by atoms with E-state index >= 15 is 0 Å². The second-order valence-corrected chi connectivity index (χ2v) is 8.36. The summed E-state index contributed by atoms with van der Waals surface area (Å²) in [5.74, 6) is 0.845. The molecule has 0 radical (unpaired) electrons. The Morgan fingerprint density at radius 3 is 2.58 bits per heavy atom.